The molecule has 0 aromatic rings. The largest absolute Gasteiger partial charge is 0.0628 e. The highest BCUT2D eigenvalue weighted by molar-refractivity contribution is 4.96. The zero-order chi connectivity index (χ0) is 13.4. The average molecular weight is 238 g/mol. The molecule has 0 amide bonds. The molecule has 1 aliphatic carbocycles. The van der Waals surface area contributed by atoms with E-state index in [4.69, 9.17) is 0 Å². The van der Waals surface area contributed by atoms with Gasteiger partial charge in [0, 0.05) is 0 Å². The first kappa shape index (κ1) is 15.1. The van der Waals surface area contributed by atoms with E-state index in [1.165, 1.54) is 19.3 Å². The van der Waals surface area contributed by atoms with Gasteiger partial charge in [-0.2, -0.15) is 0 Å². The molecule has 0 N–H and O–H groups in total. The molecule has 0 heterocycles. The smallest absolute Gasteiger partial charge is 0.0315 e. The summed E-state index contributed by atoms with van der Waals surface area (Å²) in [5.74, 6) is 3.43. The van der Waals surface area contributed by atoms with Gasteiger partial charge in [0.2, 0.25) is 0 Å². The fraction of sp³-hybridized carbons (Fsp3) is 1.00. The van der Waals surface area contributed by atoms with Gasteiger partial charge in [0.05, 0.1) is 0 Å². The second-order valence-corrected chi connectivity index (χ2v) is 8.47. The molecule has 0 heteroatoms. The maximum Gasteiger partial charge on any atom is -0.0315 e. The monoisotopic (exact) mass is 238 g/mol. The molecule has 102 valence electrons. The van der Waals surface area contributed by atoms with Crippen LogP contribution in [0.1, 0.15) is 74.7 Å². The summed E-state index contributed by atoms with van der Waals surface area (Å²) in [5, 5.41) is 0. The first-order chi connectivity index (χ1) is 7.57. The van der Waals surface area contributed by atoms with E-state index in [1.54, 1.807) is 0 Å². The van der Waals surface area contributed by atoms with Crippen molar-refractivity contribution in [1.29, 1.82) is 0 Å². The van der Waals surface area contributed by atoms with Crippen LogP contribution < -0.4 is 0 Å². The molecule has 0 nitrogen and oxygen atoms in total. The molecule has 1 saturated carbocycles. The molecule has 3 unspecified atom stereocenters. The molecule has 1 aliphatic rings. The molecule has 0 aromatic heterocycles. The van der Waals surface area contributed by atoms with Crippen LogP contribution in [0.15, 0.2) is 0 Å². The molecule has 0 bridgehead atoms. The second kappa shape index (κ2) is 4.94. The fourth-order valence-electron chi connectivity index (χ4n) is 4.61. The van der Waals surface area contributed by atoms with Gasteiger partial charge in [0.25, 0.3) is 0 Å². The van der Waals surface area contributed by atoms with Crippen molar-refractivity contribution in [2.45, 2.75) is 74.7 Å². The minimum atomic E-state index is 0.511. The van der Waals surface area contributed by atoms with Crippen molar-refractivity contribution < 1.29 is 0 Å². The van der Waals surface area contributed by atoms with Gasteiger partial charge in [-0.05, 0) is 53.8 Å². The van der Waals surface area contributed by atoms with E-state index in [-0.39, 0.29) is 0 Å². The van der Waals surface area contributed by atoms with E-state index in [1.807, 2.05) is 0 Å². The molecule has 0 aliphatic heterocycles. The van der Waals surface area contributed by atoms with Crippen molar-refractivity contribution in [2.75, 3.05) is 0 Å². The highest BCUT2D eigenvalue weighted by atomic mass is 14.5. The summed E-state index contributed by atoms with van der Waals surface area (Å²) >= 11 is 0. The summed E-state index contributed by atoms with van der Waals surface area (Å²) in [6.07, 6.45) is 4.24. The SMILES string of the molecule is CC(C)CC1(C)CC(C(C)C)C(C)C(C)(C)C1. The van der Waals surface area contributed by atoms with Crippen molar-refractivity contribution in [1.82, 2.24) is 0 Å². The molecular weight excluding hydrogens is 204 g/mol. The molecule has 0 saturated heterocycles. The lowest BCUT2D eigenvalue weighted by Gasteiger charge is -2.53. The molecule has 1 fully saturated rings. The lowest BCUT2D eigenvalue weighted by molar-refractivity contribution is -0.0308. The quantitative estimate of drug-likeness (QED) is 0.586. The van der Waals surface area contributed by atoms with Gasteiger partial charge in [-0.3, -0.25) is 0 Å². The van der Waals surface area contributed by atoms with E-state index in [9.17, 15) is 0 Å². The summed E-state index contributed by atoms with van der Waals surface area (Å²) < 4.78 is 0. The van der Waals surface area contributed by atoms with E-state index in [2.05, 4.69) is 55.4 Å². The molecule has 1 rings (SSSR count). The third-order valence-electron chi connectivity index (χ3n) is 5.24. The normalized spacial score (nSPS) is 37.8. The topological polar surface area (TPSA) is 0 Å². The molecule has 0 radical (unpaired) electrons. The molecule has 17 heavy (non-hydrogen) atoms. The summed E-state index contributed by atoms with van der Waals surface area (Å²) in [5.41, 5.74) is 1.08. The Labute approximate surface area is 110 Å². The maximum atomic E-state index is 2.54. The minimum Gasteiger partial charge on any atom is -0.0628 e. The Morgan fingerprint density at radius 1 is 1.06 bits per heavy atom. The van der Waals surface area contributed by atoms with E-state index in [0.29, 0.717) is 10.8 Å². The predicted octanol–water partition coefficient (Wildman–Crippen LogP) is 5.77. The van der Waals surface area contributed by atoms with Gasteiger partial charge < -0.3 is 0 Å². The van der Waals surface area contributed by atoms with Gasteiger partial charge in [0.15, 0.2) is 0 Å². The zero-order valence-electron chi connectivity index (χ0n) is 13.4. The summed E-state index contributed by atoms with van der Waals surface area (Å²) in [7, 11) is 0. The van der Waals surface area contributed by atoms with Crippen molar-refractivity contribution in [3.63, 3.8) is 0 Å². The van der Waals surface area contributed by atoms with Crippen molar-refractivity contribution in [2.24, 2.45) is 34.5 Å². The van der Waals surface area contributed by atoms with Crippen LogP contribution in [0.25, 0.3) is 0 Å². The van der Waals surface area contributed by atoms with Gasteiger partial charge in [-0.1, -0.05) is 55.4 Å². The van der Waals surface area contributed by atoms with E-state index >= 15 is 0 Å². The highest BCUT2D eigenvalue weighted by Crippen LogP contribution is 2.55. The Bertz CT molecular complexity index is 249. The number of hydrogen-bond acceptors (Lipinski definition) is 0. The third-order valence-corrected chi connectivity index (χ3v) is 5.24. The van der Waals surface area contributed by atoms with E-state index in [0.717, 1.165) is 23.7 Å². The van der Waals surface area contributed by atoms with Gasteiger partial charge in [-0.25, -0.2) is 0 Å². The predicted molar refractivity (Wildman–Crippen MR) is 78.1 cm³/mol. The van der Waals surface area contributed by atoms with Crippen LogP contribution in [-0.2, 0) is 0 Å². The van der Waals surface area contributed by atoms with Crippen LogP contribution in [0.2, 0.25) is 0 Å². The first-order valence-electron chi connectivity index (χ1n) is 7.57. The van der Waals surface area contributed by atoms with Crippen LogP contribution in [0.4, 0.5) is 0 Å². The number of hydrogen-bond donors (Lipinski definition) is 0. The van der Waals surface area contributed by atoms with Crippen LogP contribution in [0.5, 0.6) is 0 Å². The summed E-state index contributed by atoms with van der Waals surface area (Å²) in [6, 6.07) is 0. The van der Waals surface area contributed by atoms with Gasteiger partial charge in [0.1, 0.15) is 0 Å². The Morgan fingerprint density at radius 3 is 2.00 bits per heavy atom. The lowest BCUT2D eigenvalue weighted by Crippen LogP contribution is -2.44. The van der Waals surface area contributed by atoms with Crippen LogP contribution in [0.3, 0.4) is 0 Å². The highest BCUT2D eigenvalue weighted by Gasteiger charge is 2.46. The van der Waals surface area contributed by atoms with Crippen LogP contribution in [0, 0.1) is 34.5 Å². The minimum absolute atomic E-state index is 0.511. The Balaban J connectivity index is 2.91. The van der Waals surface area contributed by atoms with Crippen molar-refractivity contribution in [3.8, 4) is 0 Å². The van der Waals surface area contributed by atoms with Crippen LogP contribution >= 0.6 is 0 Å². The standard InChI is InChI=1S/C17H34/c1-12(2)9-17(8)10-15(13(3)4)14(5)16(6,7)11-17/h12-15H,9-11H2,1-8H3. The average Bonchev–Trinajstić information content (AvgIpc) is 2.08. The van der Waals surface area contributed by atoms with Crippen LogP contribution in [-0.4, -0.2) is 0 Å². The zero-order valence-corrected chi connectivity index (χ0v) is 13.4. The summed E-state index contributed by atoms with van der Waals surface area (Å²) in [6.45, 7) is 19.6. The Hall–Kier alpha value is 0. The molecular formula is C17H34. The van der Waals surface area contributed by atoms with Crippen molar-refractivity contribution in [3.05, 3.63) is 0 Å². The fourth-order valence-corrected chi connectivity index (χ4v) is 4.61. The van der Waals surface area contributed by atoms with E-state index < -0.39 is 0 Å². The third kappa shape index (κ3) is 3.48. The molecule has 0 spiro atoms. The van der Waals surface area contributed by atoms with Crippen molar-refractivity contribution >= 4 is 0 Å². The van der Waals surface area contributed by atoms with Gasteiger partial charge >= 0.3 is 0 Å². The molecule has 3 atom stereocenters. The number of rotatable bonds is 3. The summed E-state index contributed by atoms with van der Waals surface area (Å²) in [4.78, 5) is 0. The van der Waals surface area contributed by atoms with Gasteiger partial charge in [-0.15, -0.1) is 0 Å². The molecule has 0 aromatic carbocycles. The second-order valence-electron chi connectivity index (χ2n) is 8.47. The lowest BCUT2D eigenvalue weighted by atomic mass is 9.52. The Morgan fingerprint density at radius 2 is 1.59 bits per heavy atom. The maximum absolute atomic E-state index is 2.54. The first-order valence-corrected chi connectivity index (χ1v) is 7.57. The Kier molecular flexibility index (Phi) is 4.37.